The summed E-state index contributed by atoms with van der Waals surface area (Å²) in [5, 5.41) is 0.252. The molecule has 0 fully saturated rings. The van der Waals surface area contributed by atoms with Gasteiger partial charge in [-0.3, -0.25) is 4.79 Å². The van der Waals surface area contributed by atoms with E-state index in [1.807, 2.05) is 22.9 Å². The topological polar surface area (TPSA) is 34.9 Å². The number of hydrogen-bond acceptors (Lipinski definition) is 3. The van der Waals surface area contributed by atoms with Crippen molar-refractivity contribution in [1.29, 1.82) is 0 Å². The largest absolute Gasteiger partial charge is 0.323 e. The summed E-state index contributed by atoms with van der Waals surface area (Å²) in [4.78, 5) is 16.4. The summed E-state index contributed by atoms with van der Waals surface area (Å²) in [5.41, 5.74) is 1.12. The minimum atomic E-state index is -0.0219. The van der Waals surface area contributed by atoms with Crippen LogP contribution in [0.4, 0.5) is 0 Å². The molecule has 2 atom stereocenters. The summed E-state index contributed by atoms with van der Waals surface area (Å²) in [6.45, 7) is 2.15. The Morgan fingerprint density at radius 2 is 2.04 bits per heavy atom. The molecule has 1 heterocycles. The zero-order valence-electron chi connectivity index (χ0n) is 13.0. The van der Waals surface area contributed by atoms with E-state index in [2.05, 4.69) is 55.9 Å². The van der Waals surface area contributed by atoms with E-state index in [0.717, 1.165) is 29.3 Å². The third-order valence-electron chi connectivity index (χ3n) is 3.50. The summed E-state index contributed by atoms with van der Waals surface area (Å²) < 4.78 is 3.02. The molecule has 0 N–H and O–H groups in total. The Hall–Kier alpha value is -0.590. The van der Waals surface area contributed by atoms with Crippen LogP contribution in [-0.4, -0.2) is 14.7 Å². The second-order valence-electron chi connectivity index (χ2n) is 5.30. The lowest BCUT2D eigenvalue weighted by molar-refractivity contribution is -0.111. The van der Waals surface area contributed by atoms with Gasteiger partial charge in [-0.05, 0) is 24.1 Å². The summed E-state index contributed by atoms with van der Waals surface area (Å²) >= 11 is 8.61. The zero-order valence-corrected chi connectivity index (χ0v) is 17.0. The lowest BCUT2D eigenvalue weighted by Crippen LogP contribution is -2.11. The standard InChI is InChI=1S/C17H20Br2N2OS/c1-2-3-4-5-15(22)23-16(13-6-8-14(18)9-7-13)17(19)21-11-10-20-12-21/h6-12,16-17H,2-5H2,1H3. The monoisotopic (exact) mass is 458 g/mol. The Kier molecular flexibility index (Phi) is 7.86. The molecule has 124 valence electrons. The van der Waals surface area contributed by atoms with Gasteiger partial charge in [0.15, 0.2) is 5.12 Å². The highest BCUT2D eigenvalue weighted by Gasteiger charge is 2.25. The second-order valence-corrected chi connectivity index (χ2v) is 8.35. The minimum absolute atomic E-state index is 0.00595. The maximum absolute atomic E-state index is 12.4. The smallest absolute Gasteiger partial charge is 0.189 e. The Bertz CT molecular complexity index is 602. The molecule has 0 amide bonds. The third-order valence-corrected chi connectivity index (χ3v) is 6.63. The van der Waals surface area contributed by atoms with Crippen molar-refractivity contribution in [3.63, 3.8) is 0 Å². The van der Waals surface area contributed by atoms with Crippen molar-refractivity contribution >= 4 is 48.7 Å². The van der Waals surface area contributed by atoms with Crippen molar-refractivity contribution < 1.29 is 4.79 Å². The summed E-state index contributed by atoms with van der Waals surface area (Å²) in [6.07, 6.45) is 9.27. The van der Waals surface area contributed by atoms with Crippen molar-refractivity contribution in [3.8, 4) is 0 Å². The fraction of sp³-hybridized carbons (Fsp3) is 0.412. The molecule has 0 bridgehead atoms. The Morgan fingerprint density at radius 3 is 2.65 bits per heavy atom. The molecule has 0 radical (unpaired) electrons. The number of halogens is 2. The lowest BCUT2D eigenvalue weighted by atomic mass is 10.1. The summed E-state index contributed by atoms with van der Waals surface area (Å²) in [7, 11) is 0. The number of alkyl halides is 1. The summed E-state index contributed by atoms with van der Waals surface area (Å²) in [5.74, 6) is 0. The van der Waals surface area contributed by atoms with Gasteiger partial charge in [0.2, 0.25) is 0 Å². The van der Waals surface area contributed by atoms with Gasteiger partial charge < -0.3 is 4.57 Å². The van der Waals surface area contributed by atoms with E-state index in [1.54, 1.807) is 12.5 Å². The molecule has 0 aliphatic heterocycles. The molecule has 2 unspecified atom stereocenters. The average Bonchev–Trinajstić information content (AvgIpc) is 3.08. The van der Waals surface area contributed by atoms with Gasteiger partial charge >= 0.3 is 0 Å². The molecule has 0 aliphatic carbocycles. The highest BCUT2D eigenvalue weighted by Crippen LogP contribution is 2.43. The maximum Gasteiger partial charge on any atom is 0.189 e. The highest BCUT2D eigenvalue weighted by atomic mass is 79.9. The van der Waals surface area contributed by atoms with E-state index < -0.39 is 0 Å². The van der Waals surface area contributed by atoms with Crippen molar-refractivity contribution in [2.24, 2.45) is 0 Å². The Balaban J connectivity index is 2.14. The molecule has 0 spiro atoms. The number of unbranched alkanes of at least 4 members (excludes halogenated alkanes) is 2. The molecule has 0 saturated carbocycles. The SMILES string of the molecule is CCCCCC(=O)SC(c1ccc(Br)cc1)C(Br)n1ccnc1. The van der Waals surface area contributed by atoms with Crippen LogP contribution in [0.2, 0.25) is 0 Å². The first-order valence-corrected chi connectivity index (χ1v) is 10.3. The van der Waals surface area contributed by atoms with Gasteiger partial charge in [-0.25, -0.2) is 4.98 Å². The van der Waals surface area contributed by atoms with Crippen LogP contribution in [0.25, 0.3) is 0 Å². The Morgan fingerprint density at radius 1 is 1.30 bits per heavy atom. The first kappa shape index (κ1) is 18.7. The normalized spacial score (nSPS) is 13.7. The molecule has 6 heteroatoms. The van der Waals surface area contributed by atoms with Crippen LogP contribution in [0.3, 0.4) is 0 Å². The molecular weight excluding hydrogens is 440 g/mol. The van der Waals surface area contributed by atoms with Gasteiger partial charge in [-0.2, -0.15) is 0 Å². The van der Waals surface area contributed by atoms with Crippen LogP contribution in [-0.2, 0) is 4.79 Å². The molecule has 1 aromatic carbocycles. The van der Waals surface area contributed by atoms with E-state index in [4.69, 9.17) is 0 Å². The number of aromatic nitrogens is 2. The number of hydrogen-bond donors (Lipinski definition) is 0. The van der Waals surface area contributed by atoms with Gasteiger partial charge in [0.25, 0.3) is 0 Å². The lowest BCUT2D eigenvalue weighted by Gasteiger charge is -2.23. The van der Waals surface area contributed by atoms with Crippen molar-refractivity contribution in [2.45, 2.75) is 42.8 Å². The van der Waals surface area contributed by atoms with Gasteiger partial charge in [0.1, 0.15) is 4.95 Å². The highest BCUT2D eigenvalue weighted by molar-refractivity contribution is 9.10. The number of nitrogens with zero attached hydrogens (tertiary/aromatic N) is 2. The minimum Gasteiger partial charge on any atom is -0.323 e. The molecule has 3 nitrogen and oxygen atoms in total. The summed E-state index contributed by atoms with van der Waals surface area (Å²) in [6, 6.07) is 8.15. The van der Waals surface area contributed by atoms with E-state index in [9.17, 15) is 4.79 Å². The predicted molar refractivity (Wildman–Crippen MR) is 104 cm³/mol. The fourth-order valence-corrected chi connectivity index (χ4v) is 4.45. The van der Waals surface area contributed by atoms with E-state index in [1.165, 1.54) is 11.8 Å². The predicted octanol–water partition coefficient (Wildman–Crippen LogP) is 6.12. The zero-order chi connectivity index (χ0) is 16.7. The quantitative estimate of drug-likeness (QED) is 0.352. The van der Waals surface area contributed by atoms with E-state index >= 15 is 0 Å². The number of thioether (sulfide) groups is 1. The average molecular weight is 460 g/mol. The number of rotatable bonds is 8. The maximum atomic E-state index is 12.4. The van der Waals surface area contributed by atoms with Crippen molar-refractivity contribution in [3.05, 3.63) is 53.0 Å². The number of benzene rings is 1. The molecule has 2 aromatic rings. The van der Waals surface area contributed by atoms with E-state index in [0.29, 0.717) is 6.42 Å². The number of imidazole rings is 1. The van der Waals surface area contributed by atoms with Crippen LogP contribution in [0.1, 0.15) is 48.4 Å². The van der Waals surface area contributed by atoms with E-state index in [-0.39, 0.29) is 15.3 Å². The van der Waals surface area contributed by atoms with Crippen LogP contribution in [0.15, 0.2) is 47.5 Å². The van der Waals surface area contributed by atoms with Gasteiger partial charge in [0, 0.05) is 23.3 Å². The Labute approximate surface area is 158 Å². The number of carbonyl (C=O) groups is 1. The van der Waals surface area contributed by atoms with Crippen LogP contribution < -0.4 is 0 Å². The molecule has 1 aromatic heterocycles. The van der Waals surface area contributed by atoms with Gasteiger partial charge in [-0.1, -0.05) is 75.5 Å². The molecular formula is C17H20Br2N2OS. The van der Waals surface area contributed by atoms with Gasteiger partial charge in [-0.15, -0.1) is 0 Å². The first-order valence-electron chi connectivity index (χ1n) is 7.68. The van der Waals surface area contributed by atoms with Crippen LogP contribution >= 0.6 is 43.6 Å². The van der Waals surface area contributed by atoms with Crippen LogP contribution in [0.5, 0.6) is 0 Å². The molecule has 0 saturated heterocycles. The van der Waals surface area contributed by atoms with Gasteiger partial charge in [0.05, 0.1) is 11.6 Å². The number of carbonyl (C=O) groups excluding carboxylic acids is 1. The van der Waals surface area contributed by atoms with Crippen LogP contribution in [0, 0.1) is 0 Å². The molecule has 23 heavy (non-hydrogen) atoms. The van der Waals surface area contributed by atoms with Crippen molar-refractivity contribution in [2.75, 3.05) is 0 Å². The first-order chi connectivity index (χ1) is 11.1. The van der Waals surface area contributed by atoms with Crippen molar-refractivity contribution in [1.82, 2.24) is 9.55 Å². The molecule has 0 aliphatic rings. The third kappa shape index (κ3) is 5.76. The second kappa shape index (κ2) is 9.64. The molecule has 2 rings (SSSR count). The fourth-order valence-electron chi connectivity index (χ4n) is 2.23.